The van der Waals surface area contributed by atoms with Crippen molar-refractivity contribution in [1.29, 1.82) is 0 Å². The van der Waals surface area contributed by atoms with Gasteiger partial charge in [0.25, 0.3) is 0 Å². The quantitative estimate of drug-likeness (QED) is 0.821. The van der Waals surface area contributed by atoms with Crippen LogP contribution in [-0.4, -0.2) is 46.8 Å². The van der Waals surface area contributed by atoms with Crippen molar-refractivity contribution < 1.29 is 24.1 Å². The first-order chi connectivity index (χ1) is 12.3. The van der Waals surface area contributed by atoms with Crippen molar-refractivity contribution in [3.63, 3.8) is 0 Å². The number of rotatable bonds is 2. The second-order valence-corrected chi connectivity index (χ2v) is 8.36. The highest BCUT2D eigenvalue weighted by Crippen LogP contribution is 2.50. The maximum Gasteiger partial charge on any atom is 0.184 e. The Morgan fingerprint density at radius 1 is 1.12 bits per heavy atom. The first-order valence-corrected chi connectivity index (χ1v) is 9.30. The van der Waals surface area contributed by atoms with Crippen LogP contribution in [0.2, 0.25) is 0 Å². The lowest BCUT2D eigenvalue weighted by atomic mass is 9.74. The lowest BCUT2D eigenvalue weighted by Crippen LogP contribution is -2.70. The van der Waals surface area contributed by atoms with Crippen LogP contribution in [0.1, 0.15) is 45.5 Å². The van der Waals surface area contributed by atoms with Gasteiger partial charge in [0.05, 0.1) is 30.5 Å². The van der Waals surface area contributed by atoms with E-state index < -0.39 is 29.2 Å². The third-order valence-electron chi connectivity index (χ3n) is 6.20. The van der Waals surface area contributed by atoms with Gasteiger partial charge in [0, 0.05) is 18.4 Å². The maximum absolute atomic E-state index is 10.6. The predicted octanol–water partition coefficient (Wildman–Crippen LogP) is 3.13. The Hall–Kier alpha value is -1.24. The molecule has 26 heavy (non-hydrogen) atoms. The smallest absolute Gasteiger partial charge is 0.184 e. The Labute approximate surface area is 154 Å². The molecule has 5 nitrogen and oxygen atoms in total. The monoisotopic (exact) mass is 360 g/mol. The minimum Gasteiger partial charge on any atom is -0.390 e. The third kappa shape index (κ3) is 2.83. The van der Waals surface area contributed by atoms with E-state index in [0.717, 1.165) is 5.56 Å². The Balaban J connectivity index is 1.57. The molecule has 3 aliphatic rings. The number of benzene rings is 1. The molecular formula is C21H28O5. The van der Waals surface area contributed by atoms with E-state index in [1.165, 1.54) is 0 Å². The Morgan fingerprint density at radius 3 is 2.54 bits per heavy atom. The van der Waals surface area contributed by atoms with Gasteiger partial charge in [0.2, 0.25) is 0 Å². The number of hydrogen-bond acceptors (Lipinski definition) is 5. The van der Waals surface area contributed by atoms with Crippen LogP contribution in [0.5, 0.6) is 0 Å². The van der Waals surface area contributed by atoms with Crippen molar-refractivity contribution in [3.8, 4) is 0 Å². The lowest BCUT2D eigenvalue weighted by molar-refractivity contribution is -0.381. The van der Waals surface area contributed by atoms with E-state index in [4.69, 9.17) is 18.9 Å². The largest absolute Gasteiger partial charge is 0.390 e. The summed E-state index contributed by atoms with van der Waals surface area (Å²) in [4.78, 5) is 0. The van der Waals surface area contributed by atoms with Crippen LogP contribution in [-0.2, 0) is 18.9 Å². The zero-order valence-corrected chi connectivity index (χ0v) is 15.7. The molecule has 3 aliphatic heterocycles. The summed E-state index contributed by atoms with van der Waals surface area (Å²) in [5.74, 6) is 0. The molecule has 3 saturated heterocycles. The molecule has 0 bridgehead atoms. The van der Waals surface area contributed by atoms with Gasteiger partial charge in [-0.05, 0) is 20.8 Å². The molecule has 1 aromatic carbocycles. The normalized spacial score (nSPS) is 48.3. The second kappa shape index (κ2) is 6.14. The first-order valence-electron chi connectivity index (χ1n) is 9.30. The molecule has 0 aromatic heterocycles. The zero-order valence-electron chi connectivity index (χ0n) is 15.7. The Bertz CT molecular complexity index is 678. The molecule has 142 valence electrons. The van der Waals surface area contributed by atoms with E-state index in [0.29, 0.717) is 19.4 Å². The SMILES string of the molecule is C=C[C@]1(C)O[C@@H]2C[C@@H]3O[C@H](c4ccccc4)OC[C@@]3(C)O[C@@]2(C)C[C@H]1O. The summed E-state index contributed by atoms with van der Waals surface area (Å²) in [5.41, 5.74) is -0.925. The lowest BCUT2D eigenvalue weighted by Gasteiger charge is -2.59. The fourth-order valence-corrected chi connectivity index (χ4v) is 4.40. The summed E-state index contributed by atoms with van der Waals surface area (Å²) in [7, 11) is 0. The maximum atomic E-state index is 10.6. The van der Waals surface area contributed by atoms with E-state index in [9.17, 15) is 5.11 Å². The zero-order chi connectivity index (χ0) is 18.6. The van der Waals surface area contributed by atoms with Gasteiger partial charge >= 0.3 is 0 Å². The van der Waals surface area contributed by atoms with Crippen molar-refractivity contribution in [3.05, 3.63) is 48.6 Å². The Kier molecular flexibility index (Phi) is 4.29. The van der Waals surface area contributed by atoms with Gasteiger partial charge in [-0.15, -0.1) is 6.58 Å². The highest BCUT2D eigenvalue weighted by Gasteiger charge is 2.60. The molecule has 7 atom stereocenters. The van der Waals surface area contributed by atoms with Gasteiger partial charge in [-0.2, -0.15) is 0 Å². The van der Waals surface area contributed by atoms with Crippen LogP contribution in [0.3, 0.4) is 0 Å². The third-order valence-corrected chi connectivity index (χ3v) is 6.20. The van der Waals surface area contributed by atoms with Gasteiger partial charge in [-0.3, -0.25) is 0 Å². The molecule has 1 N–H and O–H groups in total. The molecule has 4 rings (SSSR count). The first kappa shape index (κ1) is 18.1. The fourth-order valence-electron chi connectivity index (χ4n) is 4.40. The number of ether oxygens (including phenoxy) is 4. The molecule has 0 spiro atoms. The van der Waals surface area contributed by atoms with E-state index in [-0.39, 0.29) is 12.2 Å². The fraction of sp³-hybridized carbons (Fsp3) is 0.619. The van der Waals surface area contributed by atoms with Gasteiger partial charge < -0.3 is 24.1 Å². The van der Waals surface area contributed by atoms with Crippen LogP contribution in [0.25, 0.3) is 0 Å². The van der Waals surface area contributed by atoms with E-state index >= 15 is 0 Å². The summed E-state index contributed by atoms with van der Waals surface area (Å²) in [6.07, 6.45) is 1.47. The van der Waals surface area contributed by atoms with E-state index in [1.54, 1.807) is 6.08 Å². The summed E-state index contributed by atoms with van der Waals surface area (Å²) in [6, 6.07) is 9.94. The van der Waals surface area contributed by atoms with Crippen LogP contribution < -0.4 is 0 Å². The van der Waals surface area contributed by atoms with Gasteiger partial charge in [0.1, 0.15) is 11.2 Å². The summed E-state index contributed by atoms with van der Waals surface area (Å²) in [5, 5.41) is 10.6. The molecule has 3 heterocycles. The number of aliphatic hydroxyl groups is 1. The molecule has 0 aliphatic carbocycles. The molecular weight excluding hydrogens is 332 g/mol. The predicted molar refractivity (Wildman–Crippen MR) is 96.6 cm³/mol. The van der Waals surface area contributed by atoms with Gasteiger partial charge in [-0.25, -0.2) is 0 Å². The minimum absolute atomic E-state index is 0.149. The van der Waals surface area contributed by atoms with Crippen molar-refractivity contribution in [1.82, 2.24) is 0 Å². The van der Waals surface area contributed by atoms with Crippen molar-refractivity contribution in [2.24, 2.45) is 0 Å². The molecule has 3 fully saturated rings. The number of fused-ring (bicyclic) bond motifs is 2. The van der Waals surface area contributed by atoms with Gasteiger partial charge in [0.15, 0.2) is 6.29 Å². The number of hydrogen-bond donors (Lipinski definition) is 1. The van der Waals surface area contributed by atoms with Crippen molar-refractivity contribution in [2.45, 2.75) is 75.0 Å². The van der Waals surface area contributed by atoms with E-state index in [1.807, 2.05) is 51.1 Å². The van der Waals surface area contributed by atoms with Crippen molar-refractivity contribution >= 4 is 0 Å². The summed E-state index contributed by atoms with van der Waals surface area (Å²) < 4.78 is 25.0. The summed E-state index contributed by atoms with van der Waals surface area (Å²) >= 11 is 0. The molecule has 5 heteroatoms. The molecule has 0 amide bonds. The highest BCUT2D eigenvalue weighted by atomic mass is 16.7. The highest BCUT2D eigenvalue weighted by molar-refractivity contribution is 5.18. The number of aliphatic hydroxyl groups excluding tert-OH is 1. The molecule has 1 aromatic rings. The van der Waals surface area contributed by atoms with Gasteiger partial charge in [-0.1, -0.05) is 36.4 Å². The van der Waals surface area contributed by atoms with E-state index in [2.05, 4.69) is 6.58 Å². The molecule has 0 radical (unpaired) electrons. The van der Waals surface area contributed by atoms with Crippen molar-refractivity contribution in [2.75, 3.05) is 6.61 Å². The standard InChI is InChI=1S/C21H28O5/c1-5-19(2)15(22)12-20(3)17(25-19)11-16-21(4,26-20)13-23-18(24-16)14-9-7-6-8-10-14/h5-10,15-18,22H,1,11-13H2,2-4H3/t15-,16+,17-,18-,19+,20+,21-/m1/s1. The average molecular weight is 360 g/mol. The van der Waals surface area contributed by atoms with Crippen LogP contribution in [0, 0.1) is 0 Å². The van der Waals surface area contributed by atoms with Crippen LogP contribution in [0.4, 0.5) is 0 Å². The van der Waals surface area contributed by atoms with Crippen LogP contribution >= 0.6 is 0 Å². The molecule has 0 saturated carbocycles. The van der Waals surface area contributed by atoms with Crippen LogP contribution in [0.15, 0.2) is 43.0 Å². The molecule has 0 unspecified atom stereocenters. The second-order valence-electron chi connectivity index (χ2n) is 8.36. The minimum atomic E-state index is -0.773. The Morgan fingerprint density at radius 2 is 1.85 bits per heavy atom. The topological polar surface area (TPSA) is 57.2 Å². The summed E-state index contributed by atoms with van der Waals surface area (Å²) in [6.45, 7) is 10.2. The average Bonchev–Trinajstić information content (AvgIpc) is 2.61.